The number of fused-ring (bicyclic) bond motifs is 1. The van der Waals surface area contributed by atoms with E-state index in [1.807, 2.05) is 0 Å². The summed E-state index contributed by atoms with van der Waals surface area (Å²) in [5.74, 6) is 2.10. The number of aromatic nitrogens is 2. The zero-order valence-corrected chi connectivity index (χ0v) is 15.1. The van der Waals surface area contributed by atoms with Crippen molar-refractivity contribution >= 4 is 11.8 Å². The maximum atomic E-state index is 5.91. The molecular formula is C20H27N5. The van der Waals surface area contributed by atoms with Crippen molar-refractivity contribution in [3.63, 3.8) is 0 Å². The Morgan fingerprint density at radius 1 is 1.20 bits per heavy atom. The van der Waals surface area contributed by atoms with Gasteiger partial charge in [0.05, 0.1) is 0 Å². The summed E-state index contributed by atoms with van der Waals surface area (Å²) in [6.45, 7) is 7.72. The molecule has 2 aromatic rings. The second kappa shape index (κ2) is 6.64. The first-order valence-corrected chi connectivity index (χ1v) is 9.34. The summed E-state index contributed by atoms with van der Waals surface area (Å²) in [6.07, 6.45) is 2.15. The van der Waals surface area contributed by atoms with Gasteiger partial charge in [-0.1, -0.05) is 37.3 Å². The van der Waals surface area contributed by atoms with Gasteiger partial charge in [0, 0.05) is 36.9 Å². The van der Waals surface area contributed by atoms with Crippen LogP contribution in [-0.2, 0) is 6.42 Å². The monoisotopic (exact) mass is 337 g/mol. The van der Waals surface area contributed by atoms with Crippen LogP contribution in [0.5, 0.6) is 0 Å². The van der Waals surface area contributed by atoms with Crippen molar-refractivity contribution in [3.8, 4) is 0 Å². The van der Waals surface area contributed by atoms with E-state index in [1.54, 1.807) is 0 Å². The van der Waals surface area contributed by atoms with Crippen molar-refractivity contribution in [1.82, 2.24) is 14.9 Å². The molecule has 2 fully saturated rings. The molecule has 2 aliphatic heterocycles. The SMILES string of the molecule is CCc1cc(N2CC3CCN(C(C)c4ccccc4)C3C2)nc(N)n1. The second-order valence-electron chi connectivity index (χ2n) is 7.27. The van der Waals surface area contributed by atoms with Crippen LogP contribution in [0.4, 0.5) is 11.8 Å². The lowest BCUT2D eigenvalue weighted by molar-refractivity contribution is 0.193. The number of benzene rings is 1. The summed E-state index contributed by atoms with van der Waals surface area (Å²) in [7, 11) is 0. The number of rotatable bonds is 4. The largest absolute Gasteiger partial charge is 0.368 e. The fraction of sp³-hybridized carbons (Fsp3) is 0.500. The second-order valence-corrected chi connectivity index (χ2v) is 7.27. The third kappa shape index (κ3) is 3.09. The minimum atomic E-state index is 0.390. The van der Waals surface area contributed by atoms with E-state index in [0.29, 0.717) is 23.9 Å². The van der Waals surface area contributed by atoms with Crippen LogP contribution in [0.25, 0.3) is 0 Å². The Hall–Kier alpha value is -2.14. The molecule has 25 heavy (non-hydrogen) atoms. The topological polar surface area (TPSA) is 58.3 Å². The molecule has 0 amide bonds. The maximum Gasteiger partial charge on any atom is 0.222 e. The Labute approximate surface area is 149 Å². The zero-order valence-electron chi connectivity index (χ0n) is 15.1. The van der Waals surface area contributed by atoms with Crippen LogP contribution in [0.3, 0.4) is 0 Å². The quantitative estimate of drug-likeness (QED) is 0.930. The van der Waals surface area contributed by atoms with Gasteiger partial charge < -0.3 is 10.6 Å². The van der Waals surface area contributed by atoms with E-state index in [0.717, 1.165) is 31.0 Å². The van der Waals surface area contributed by atoms with Crippen LogP contribution in [0.15, 0.2) is 36.4 Å². The van der Waals surface area contributed by atoms with E-state index in [-0.39, 0.29) is 0 Å². The Morgan fingerprint density at radius 2 is 2.00 bits per heavy atom. The first-order chi connectivity index (χ1) is 12.2. The number of hydrogen-bond donors (Lipinski definition) is 1. The summed E-state index contributed by atoms with van der Waals surface area (Å²) < 4.78 is 0. The molecule has 0 radical (unpaired) electrons. The Morgan fingerprint density at radius 3 is 2.76 bits per heavy atom. The van der Waals surface area contributed by atoms with Gasteiger partial charge in [-0.3, -0.25) is 4.90 Å². The molecule has 0 saturated carbocycles. The molecule has 4 rings (SSSR count). The highest BCUT2D eigenvalue weighted by atomic mass is 15.3. The lowest BCUT2D eigenvalue weighted by atomic mass is 10.0. The Bertz CT molecular complexity index is 732. The normalized spacial score (nSPS) is 24.5. The molecule has 1 aromatic heterocycles. The molecule has 3 atom stereocenters. The van der Waals surface area contributed by atoms with Crippen molar-refractivity contribution in [2.75, 3.05) is 30.3 Å². The van der Waals surface area contributed by atoms with Gasteiger partial charge in [0.25, 0.3) is 0 Å². The fourth-order valence-corrected chi connectivity index (χ4v) is 4.43. The highest BCUT2D eigenvalue weighted by molar-refractivity contribution is 5.45. The summed E-state index contributed by atoms with van der Waals surface area (Å²) in [6, 6.07) is 14.0. The zero-order chi connectivity index (χ0) is 17.4. The molecule has 5 heteroatoms. The molecule has 3 heterocycles. The highest BCUT2D eigenvalue weighted by Crippen LogP contribution is 2.38. The Kier molecular flexibility index (Phi) is 4.34. The number of anilines is 2. The summed E-state index contributed by atoms with van der Waals surface area (Å²) in [5.41, 5.74) is 8.34. The van der Waals surface area contributed by atoms with E-state index < -0.39 is 0 Å². The van der Waals surface area contributed by atoms with Crippen molar-refractivity contribution in [2.45, 2.75) is 38.8 Å². The van der Waals surface area contributed by atoms with Gasteiger partial charge in [0.15, 0.2) is 0 Å². The predicted octanol–water partition coefficient (Wildman–Crippen LogP) is 2.89. The predicted molar refractivity (Wildman–Crippen MR) is 101 cm³/mol. The van der Waals surface area contributed by atoms with E-state index in [4.69, 9.17) is 5.73 Å². The number of aryl methyl sites for hydroxylation is 1. The molecule has 2 saturated heterocycles. The van der Waals surface area contributed by atoms with Crippen molar-refractivity contribution in [1.29, 1.82) is 0 Å². The lowest BCUT2D eigenvalue weighted by Crippen LogP contribution is -2.37. The number of hydrogen-bond acceptors (Lipinski definition) is 5. The number of nitrogen functional groups attached to an aromatic ring is 1. The average molecular weight is 337 g/mol. The first-order valence-electron chi connectivity index (χ1n) is 9.34. The molecule has 1 aromatic carbocycles. The van der Waals surface area contributed by atoms with E-state index in [2.05, 4.69) is 70.0 Å². The van der Waals surface area contributed by atoms with Gasteiger partial charge in [0.2, 0.25) is 5.95 Å². The molecule has 0 bridgehead atoms. The summed E-state index contributed by atoms with van der Waals surface area (Å²) in [5, 5.41) is 0. The van der Waals surface area contributed by atoms with Crippen molar-refractivity contribution < 1.29 is 0 Å². The van der Waals surface area contributed by atoms with Crippen LogP contribution in [0.1, 0.15) is 37.6 Å². The Balaban J connectivity index is 1.52. The van der Waals surface area contributed by atoms with Gasteiger partial charge in [-0.2, -0.15) is 4.98 Å². The van der Waals surface area contributed by atoms with E-state index in [1.165, 1.54) is 18.5 Å². The molecule has 5 nitrogen and oxygen atoms in total. The van der Waals surface area contributed by atoms with Crippen LogP contribution in [0, 0.1) is 5.92 Å². The third-order valence-electron chi connectivity index (χ3n) is 5.84. The van der Waals surface area contributed by atoms with Crippen LogP contribution >= 0.6 is 0 Å². The fourth-order valence-electron chi connectivity index (χ4n) is 4.43. The molecule has 2 aliphatic rings. The summed E-state index contributed by atoms with van der Waals surface area (Å²) >= 11 is 0. The van der Waals surface area contributed by atoms with E-state index in [9.17, 15) is 0 Å². The lowest BCUT2D eigenvalue weighted by Gasteiger charge is -2.31. The number of nitrogens with two attached hydrogens (primary N) is 1. The summed E-state index contributed by atoms with van der Waals surface area (Å²) in [4.78, 5) is 13.9. The maximum absolute atomic E-state index is 5.91. The molecule has 2 N–H and O–H groups in total. The van der Waals surface area contributed by atoms with Gasteiger partial charge >= 0.3 is 0 Å². The molecule has 132 valence electrons. The highest BCUT2D eigenvalue weighted by Gasteiger charge is 2.43. The third-order valence-corrected chi connectivity index (χ3v) is 5.84. The van der Waals surface area contributed by atoms with Crippen LogP contribution < -0.4 is 10.6 Å². The van der Waals surface area contributed by atoms with Crippen LogP contribution in [-0.4, -0.2) is 40.5 Å². The van der Waals surface area contributed by atoms with Gasteiger partial charge in [0.1, 0.15) is 5.82 Å². The number of nitrogens with zero attached hydrogens (tertiary/aromatic N) is 4. The molecular weight excluding hydrogens is 310 g/mol. The van der Waals surface area contributed by atoms with Crippen molar-refractivity contribution in [2.24, 2.45) is 5.92 Å². The van der Waals surface area contributed by atoms with Crippen molar-refractivity contribution in [3.05, 3.63) is 47.7 Å². The molecule has 0 spiro atoms. The number of likely N-dealkylation sites (tertiary alicyclic amines) is 1. The molecule has 3 unspecified atom stereocenters. The van der Waals surface area contributed by atoms with Gasteiger partial charge in [-0.25, -0.2) is 4.98 Å². The smallest absolute Gasteiger partial charge is 0.222 e. The first kappa shape index (κ1) is 16.3. The van der Waals surface area contributed by atoms with Crippen LogP contribution in [0.2, 0.25) is 0 Å². The van der Waals surface area contributed by atoms with E-state index >= 15 is 0 Å². The minimum Gasteiger partial charge on any atom is -0.368 e. The molecule has 0 aliphatic carbocycles. The average Bonchev–Trinajstić information content (AvgIpc) is 3.22. The van der Waals surface area contributed by atoms with Gasteiger partial charge in [-0.05, 0) is 37.8 Å². The minimum absolute atomic E-state index is 0.390. The van der Waals surface area contributed by atoms with Gasteiger partial charge in [-0.15, -0.1) is 0 Å². The standard InChI is InChI=1S/C20H27N5/c1-3-17-11-19(23-20(21)22-17)24-12-16-9-10-25(18(16)13-24)14(2)15-7-5-4-6-8-15/h4-8,11,14,16,18H,3,9-10,12-13H2,1-2H3,(H2,21,22,23).